The van der Waals surface area contributed by atoms with Gasteiger partial charge in [-0.25, -0.2) is 5.14 Å². The number of anilines is 1. The molecule has 2 N–H and O–H groups in total. The fourth-order valence-electron chi connectivity index (χ4n) is 1.92. The van der Waals surface area contributed by atoms with Gasteiger partial charge in [0.2, 0.25) is 0 Å². The van der Waals surface area contributed by atoms with E-state index < -0.39 is 10.2 Å². The lowest BCUT2D eigenvalue weighted by Crippen LogP contribution is -2.40. The summed E-state index contributed by atoms with van der Waals surface area (Å²) in [4.78, 5) is 0. The highest BCUT2D eigenvalue weighted by atomic mass is 32.2. The molecule has 1 aromatic carbocycles. The van der Waals surface area contributed by atoms with Gasteiger partial charge in [-0.3, -0.25) is 4.31 Å². The van der Waals surface area contributed by atoms with E-state index in [1.165, 1.54) is 4.31 Å². The van der Waals surface area contributed by atoms with Gasteiger partial charge in [-0.2, -0.15) is 8.42 Å². The quantitative estimate of drug-likeness (QED) is 0.742. The van der Waals surface area contributed by atoms with E-state index >= 15 is 0 Å². The Bertz CT molecular complexity index is 456. The molecule has 0 aromatic heterocycles. The van der Waals surface area contributed by atoms with Crippen molar-refractivity contribution in [3.05, 3.63) is 29.8 Å². The molecule has 14 heavy (non-hydrogen) atoms. The van der Waals surface area contributed by atoms with Crippen LogP contribution in [0.2, 0.25) is 0 Å². The average Bonchev–Trinajstić information content (AvgIpc) is 2.38. The predicted molar refractivity (Wildman–Crippen MR) is 55.2 cm³/mol. The summed E-state index contributed by atoms with van der Waals surface area (Å²) in [5, 5.41) is 5.14. The Labute approximate surface area is 83.5 Å². The lowest BCUT2D eigenvalue weighted by atomic mass is 10.1. The van der Waals surface area contributed by atoms with Crippen molar-refractivity contribution < 1.29 is 8.42 Å². The molecule has 0 saturated heterocycles. The van der Waals surface area contributed by atoms with Crippen molar-refractivity contribution in [3.8, 4) is 0 Å². The van der Waals surface area contributed by atoms with E-state index in [2.05, 4.69) is 0 Å². The molecule has 1 aromatic rings. The van der Waals surface area contributed by atoms with Gasteiger partial charge in [0.1, 0.15) is 0 Å². The third-order valence-corrected chi connectivity index (χ3v) is 3.52. The second-order valence-electron chi connectivity index (χ2n) is 3.52. The maximum absolute atomic E-state index is 11.3. The fourth-order valence-corrected chi connectivity index (χ4v) is 2.95. The first-order valence-electron chi connectivity index (χ1n) is 4.40. The molecule has 0 fully saturated rings. The van der Waals surface area contributed by atoms with Crippen LogP contribution in [-0.2, 0) is 16.6 Å². The standard InChI is InChI=1S/C9H12N2O2S/c1-7-6-8-4-2-3-5-9(8)11(7)14(10,12)13/h2-5,7H,6H2,1H3,(H2,10,12,13)/t7-/m0/s1. The van der Waals surface area contributed by atoms with Gasteiger partial charge in [-0.15, -0.1) is 0 Å². The molecule has 0 aliphatic carbocycles. The zero-order valence-corrected chi connectivity index (χ0v) is 8.66. The Balaban J connectivity index is 2.56. The average molecular weight is 212 g/mol. The summed E-state index contributed by atoms with van der Waals surface area (Å²) in [6, 6.07) is 7.34. The highest BCUT2D eigenvalue weighted by Gasteiger charge is 2.32. The molecule has 0 saturated carbocycles. The number of benzene rings is 1. The third kappa shape index (κ3) is 1.38. The van der Waals surface area contributed by atoms with E-state index in [0.717, 1.165) is 12.0 Å². The molecule has 4 nitrogen and oxygen atoms in total. The van der Waals surface area contributed by atoms with Crippen molar-refractivity contribution in [1.82, 2.24) is 0 Å². The lowest BCUT2D eigenvalue weighted by molar-refractivity contribution is 0.586. The van der Waals surface area contributed by atoms with Crippen LogP contribution < -0.4 is 9.44 Å². The van der Waals surface area contributed by atoms with Gasteiger partial charge in [0, 0.05) is 6.04 Å². The monoisotopic (exact) mass is 212 g/mol. The fraction of sp³-hybridized carbons (Fsp3) is 0.333. The lowest BCUT2D eigenvalue weighted by Gasteiger charge is -2.21. The summed E-state index contributed by atoms with van der Waals surface area (Å²) in [6.45, 7) is 1.85. The Morgan fingerprint density at radius 1 is 1.43 bits per heavy atom. The minimum Gasteiger partial charge on any atom is -0.255 e. The van der Waals surface area contributed by atoms with Crippen LogP contribution in [0.3, 0.4) is 0 Å². The largest absolute Gasteiger partial charge is 0.299 e. The van der Waals surface area contributed by atoms with Gasteiger partial charge in [0.15, 0.2) is 0 Å². The number of nitrogens with two attached hydrogens (primary N) is 1. The van der Waals surface area contributed by atoms with Crippen LogP contribution in [0, 0.1) is 0 Å². The first-order chi connectivity index (χ1) is 6.50. The smallest absolute Gasteiger partial charge is 0.255 e. The molecule has 0 bridgehead atoms. The van der Waals surface area contributed by atoms with Crippen molar-refractivity contribution in [3.63, 3.8) is 0 Å². The Hall–Kier alpha value is -1.07. The van der Waals surface area contributed by atoms with Gasteiger partial charge < -0.3 is 0 Å². The minimum atomic E-state index is -3.63. The summed E-state index contributed by atoms with van der Waals surface area (Å²) >= 11 is 0. The summed E-state index contributed by atoms with van der Waals surface area (Å²) in [5.74, 6) is 0. The second kappa shape index (κ2) is 2.96. The highest BCUT2D eigenvalue weighted by molar-refractivity contribution is 7.90. The Kier molecular flexibility index (Phi) is 2.01. The van der Waals surface area contributed by atoms with Gasteiger partial charge in [-0.1, -0.05) is 18.2 Å². The van der Waals surface area contributed by atoms with Gasteiger partial charge in [0.25, 0.3) is 10.2 Å². The molecule has 5 heteroatoms. The molecule has 1 aliphatic heterocycles. The van der Waals surface area contributed by atoms with E-state index in [-0.39, 0.29) is 6.04 Å². The topological polar surface area (TPSA) is 63.4 Å². The molecule has 2 rings (SSSR count). The van der Waals surface area contributed by atoms with E-state index in [1.54, 1.807) is 6.07 Å². The summed E-state index contributed by atoms with van der Waals surface area (Å²) in [6.07, 6.45) is 0.729. The molecule has 0 unspecified atom stereocenters. The molecule has 0 radical (unpaired) electrons. The van der Waals surface area contributed by atoms with Crippen LogP contribution in [0.25, 0.3) is 0 Å². The van der Waals surface area contributed by atoms with Crippen molar-refractivity contribution in [1.29, 1.82) is 0 Å². The number of fused-ring (bicyclic) bond motifs is 1. The molecular formula is C9H12N2O2S. The number of hydrogen-bond donors (Lipinski definition) is 1. The summed E-state index contributed by atoms with van der Waals surface area (Å²) in [7, 11) is -3.63. The number of hydrogen-bond acceptors (Lipinski definition) is 2. The van der Waals surface area contributed by atoms with Crippen LogP contribution in [0.4, 0.5) is 5.69 Å². The molecule has 1 heterocycles. The molecular weight excluding hydrogens is 200 g/mol. The van der Waals surface area contributed by atoms with E-state index in [9.17, 15) is 8.42 Å². The minimum absolute atomic E-state index is 0.0811. The SMILES string of the molecule is C[C@H]1Cc2ccccc2N1S(N)(=O)=O. The van der Waals surface area contributed by atoms with Crippen LogP contribution in [0.15, 0.2) is 24.3 Å². The molecule has 0 amide bonds. The summed E-state index contributed by atoms with van der Waals surface area (Å²) in [5.41, 5.74) is 1.75. The number of rotatable bonds is 1. The molecule has 76 valence electrons. The number of nitrogens with zero attached hydrogens (tertiary/aromatic N) is 1. The number of para-hydroxylation sites is 1. The predicted octanol–water partition coefficient (Wildman–Crippen LogP) is 0.641. The normalized spacial score (nSPS) is 21.0. The van der Waals surface area contributed by atoms with E-state index in [0.29, 0.717) is 5.69 Å². The van der Waals surface area contributed by atoms with Crippen LogP contribution in [0.5, 0.6) is 0 Å². The Morgan fingerprint density at radius 2 is 2.07 bits per heavy atom. The van der Waals surface area contributed by atoms with Crippen molar-refractivity contribution in [2.75, 3.05) is 4.31 Å². The summed E-state index contributed by atoms with van der Waals surface area (Å²) < 4.78 is 23.9. The molecule has 0 spiro atoms. The maximum atomic E-state index is 11.3. The van der Waals surface area contributed by atoms with Crippen LogP contribution in [-0.4, -0.2) is 14.5 Å². The van der Waals surface area contributed by atoms with Gasteiger partial charge in [-0.05, 0) is 25.0 Å². The first kappa shape index (κ1) is 9.48. The third-order valence-electron chi connectivity index (χ3n) is 2.42. The molecule has 1 atom stereocenters. The van der Waals surface area contributed by atoms with E-state index in [4.69, 9.17) is 5.14 Å². The highest BCUT2D eigenvalue weighted by Crippen LogP contribution is 2.32. The van der Waals surface area contributed by atoms with Crippen LogP contribution >= 0.6 is 0 Å². The Morgan fingerprint density at radius 3 is 2.71 bits per heavy atom. The van der Waals surface area contributed by atoms with E-state index in [1.807, 2.05) is 25.1 Å². The zero-order valence-electron chi connectivity index (χ0n) is 7.84. The first-order valence-corrected chi connectivity index (χ1v) is 5.90. The van der Waals surface area contributed by atoms with Gasteiger partial charge >= 0.3 is 0 Å². The van der Waals surface area contributed by atoms with Crippen molar-refractivity contribution in [2.24, 2.45) is 5.14 Å². The van der Waals surface area contributed by atoms with Crippen molar-refractivity contribution in [2.45, 2.75) is 19.4 Å². The zero-order chi connectivity index (χ0) is 10.3. The van der Waals surface area contributed by atoms with Crippen molar-refractivity contribution >= 4 is 15.9 Å². The second-order valence-corrected chi connectivity index (χ2v) is 4.95. The maximum Gasteiger partial charge on any atom is 0.299 e. The molecule has 1 aliphatic rings. The van der Waals surface area contributed by atoms with Gasteiger partial charge in [0.05, 0.1) is 5.69 Å². The van der Waals surface area contributed by atoms with Crippen LogP contribution in [0.1, 0.15) is 12.5 Å².